The summed E-state index contributed by atoms with van der Waals surface area (Å²) >= 11 is 0. The van der Waals surface area contributed by atoms with Gasteiger partial charge in [-0.3, -0.25) is 4.98 Å². The maximum absolute atomic E-state index is 12.8. The zero-order chi connectivity index (χ0) is 17.9. The lowest BCUT2D eigenvalue weighted by molar-refractivity contribution is 0.134. The van der Waals surface area contributed by atoms with E-state index < -0.39 is 10.0 Å². The zero-order valence-electron chi connectivity index (χ0n) is 14.4. The first-order chi connectivity index (χ1) is 12.0. The van der Waals surface area contributed by atoms with E-state index >= 15 is 0 Å². The average molecular weight is 362 g/mol. The van der Waals surface area contributed by atoms with Crippen LogP contribution in [0.15, 0.2) is 47.6 Å². The predicted octanol–water partition coefficient (Wildman–Crippen LogP) is 2.63. The summed E-state index contributed by atoms with van der Waals surface area (Å²) in [5.74, 6) is 1.40. The molecule has 0 aliphatic carbocycles. The summed E-state index contributed by atoms with van der Waals surface area (Å²) in [7, 11) is -1.92. The summed E-state index contributed by atoms with van der Waals surface area (Å²) in [4.78, 5) is 4.33. The Morgan fingerprint density at radius 2 is 1.96 bits per heavy atom. The van der Waals surface area contributed by atoms with Gasteiger partial charge < -0.3 is 9.47 Å². The summed E-state index contributed by atoms with van der Waals surface area (Å²) in [6, 6.07) is 8.63. The molecular weight excluding hydrogens is 340 g/mol. The molecule has 1 aromatic heterocycles. The molecule has 0 unspecified atom stereocenters. The van der Waals surface area contributed by atoms with E-state index in [0.717, 1.165) is 11.3 Å². The quantitative estimate of drug-likeness (QED) is 0.818. The summed E-state index contributed by atoms with van der Waals surface area (Å²) < 4.78 is 38.3. The molecule has 0 saturated carbocycles. The highest BCUT2D eigenvalue weighted by atomic mass is 32.2. The fourth-order valence-electron chi connectivity index (χ4n) is 2.96. The normalized spacial score (nSPS) is 16.6. The molecule has 134 valence electrons. The third-order valence-electron chi connectivity index (χ3n) is 4.34. The van der Waals surface area contributed by atoms with Crippen molar-refractivity contribution in [2.45, 2.75) is 30.8 Å². The highest BCUT2D eigenvalue weighted by Crippen LogP contribution is 2.26. The molecule has 1 aliphatic heterocycles. The molecule has 1 fully saturated rings. The predicted molar refractivity (Wildman–Crippen MR) is 94.4 cm³/mol. The van der Waals surface area contributed by atoms with Crippen molar-refractivity contribution in [1.29, 1.82) is 0 Å². The van der Waals surface area contributed by atoms with E-state index in [2.05, 4.69) is 4.98 Å². The molecule has 3 rings (SSSR count). The van der Waals surface area contributed by atoms with Crippen LogP contribution in [0.3, 0.4) is 0 Å². The van der Waals surface area contributed by atoms with Gasteiger partial charge in [0.05, 0.1) is 18.2 Å². The van der Waals surface area contributed by atoms with Crippen LogP contribution in [0.4, 0.5) is 0 Å². The molecule has 1 aromatic carbocycles. The van der Waals surface area contributed by atoms with Crippen LogP contribution in [-0.2, 0) is 10.0 Å². The van der Waals surface area contributed by atoms with Crippen molar-refractivity contribution in [2.24, 2.45) is 0 Å². The average Bonchev–Trinajstić information content (AvgIpc) is 2.63. The molecule has 0 spiro atoms. The van der Waals surface area contributed by atoms with Crippen molar-refractivity contribution in [3.63, 3.8) is 0 Å². The van der Waals surface area contributed by atoms with Crippen LogP contribution >= 0.6 is 0 Å². The summed E-state index contributed by atoms with van der Waals surface area (Å²) in [5, 5.41) is 0. The van der Waals surface area contributed by atoms with Crippen molar-refractivity contribution in [3.05, 3.63) is 48.3 Å². The van der Waals surface area contributed by atoms with Gasteiger partial charge in [-0.1, -0.05) is 0 Å². The fourth-order valence-corrected chi connectivity index (χ4v) is 4.52. The molecule has 0 bridgehead atoms. The van der Waals surface area contributed by atoms with Crippen LogP contribution in [0.2, 0.25) is 0 Å². The van der Waals surface area contributed by atoms with Gasteiger partial charge in [0.1, 0.15) is 17.6 Å². The number of sulfonamides is 1. The maximum atomic E-state index is 12.8. The van der Waals surface area contributed by atoms with Crippen LogP contribution < -0.4 is 9.47 Å². The Morgan fingerprint density at radius 1 is 1.20 bits per heavy atom. The lowest BCUT2D eigenvalue weighted by Crippen LogP contribution is -2.41. The van der Waals surface area contributed by atoms with E-state index in [1.807, 2.05) is 19.1 Å². The second kappa shape index (κ2) is 7.41. The van der Waals surface area contributed by atoms with Gasteiger partial charge in [-0.2, -0.15) is 4.31 Å². The topological polar surface area (TPSA) is 68.7 Å². The third-order valence-corrected chi connectivity index (χ3v) is 6.24. The third kappa shape index (κ3) is 3.93. The van der Waals surface area contributed by atoms with E-state index in [-0.39, 0.29) is 6.10 Å². The second-order valence-corrected chi connectivity index (χ2v) is 7.98. The number of methoxy groups -OCH3 is 1. The van der Waals surface area contributed by atoms with E-state index in [4.69, 9.17) is 9.47 Å². The number of benzene rings is 1. The first-order valence-electron chi connectivity index (χ1n) is 8.22. The van der Waals surface area contributed by atoms with Gasteiger partial charge in [-0.15, -0.1) is 0 Å². The number of pyridine rings is 1. The Labute approximate surface area is 148 Å². The van der Waals surface area contributed by atoms with E-state index in [1.54, 1.807) is 37.7 Å². The molecule has 0 radical (unpaired) electrons. The molecule has 6 nitrogen and oxygen atoms in total. The highest BCUT2D eigenvalue weighted by Gasteiger charge is 2.30. The van der Waals surface area contributed by atoms with Crippen molar-refractivity contribution in [1.82, 2.24) is 9.29 Å². The van der Waals surface area contributed by atoms with Crippen molar-refractivity contribution in [3.8, 4) is 11.5 Å². The number of rotatable bonds is 5. The van der Waals surface area contributed by atoms with Gasteiger partial charge in [0.2, 0.25) is 10.0 Å². The molecule has 2 aromatic rings. The molecular formula is C18H22N2O4S. The number of hydrogen-bond donors (Lipinski definition) is 0. The molecule has 0 atom stereocenters. The van der Waals surface area contributed by atoms with Gasteiger partial charge in [-0.05, 0) is 55.7 Å². The number of aryl methyl sites for hydroxylation is 1. The SMILES string of the molecule is COc1ccc(S(=O)(=O)N2CCC(Oc3cccnc3)CC2)cc1C. The number of hydrogen-bond acceptors (Lipinski definition) is 5. The Balaban J connectivity index is 1.66. The molecule has 2 heterocycles. The number of nitrogens with zero attached hydrogens (tertiary/aromatic N) is 2. The van der Waals surface area contributed by atoms with Gasteiger partial charge in [-0.25, -0.2) is 8.42 Å². The highest BCUT2D eigenvalue weighted by molar-refractivity contribution is 7.89. The van der Waals surface area contributed by atoms with Gasteiger partial charge in [0.25, 0.3) is 0 Å². The lowest BCUT2D eigenvalue weighted by Gasteiger charge is -2.31. The first kappa shape index (κ1) is 17.7. The number of piperidine rings is 1. The zero-order valence-corrected chi connectivity index (χ0v) is 15.2. The summed E-state index contributed by atoms with van der Waals surface area (Å²) in [6.07, 6.45) is 4.68. The van der Waals surface area contributed by atoms with Crippen LogP contribution in [0, 0.1) is 6.92 Å². The Morgan fingerprint density at radius 3 is 2.56 bits per heavy atom. The van der Waals surface area contributed by atoms with Crippen molar-refractivity contribution >= 4 is 10.0 Å². The van der Waals surface area contributed by atoms with Crippen LogP contribution in [0.25, 0.3) is 0 Å². The summed E-state index contributed by atoms with van der Waals surface area (Å²) in [6.45, 7) is 2.72. The van der Waals surface area contributed by atoms with Gasteiger partial charge in [0, 0.05) is 19.3 Å². The smallest absolute Gasteiger partial charge is 0.243 e. The molecule has 0 N–H and O–H groups in total. The standard InChI is InChI=1S/C18H22N2O4S/c1-14-12-17(5-6-18(14)23-2)25(21,22)20-10-7-15(8-11-20)24-16-4-3-9-19-13-16/h3-6,9,12-13,15H,7-8,10-11H2,1-2H3. The Hall–Kier alpha value is -2.12. The molecule has 1 aliphatic rings. The minimum atomic E-state index is -3.50. The second-order valence-electron chi connectivity index (χ2n) is 6.04. The molecule has 7 heteroatoms. The van der Waals surface area contributed by atoms with E-state index in [0.29, 0.717) is 36.6 Å². The number of ether oxygens (including phenoxy) is 2. The Bertz CT molecular complexity index is 816. The maximum Gasteiger partial charge on any atom is 0.243 e. The van der Waals surface area contributed by atoms with Crippen LogP contribution in [0.5, 0.6) is 11.5 Å². The lowest BCUT2D eigenvalue weighted by atomic mass is 10.1. The largest absolute Gasteiger partial charge is 0.496 e. The van der Waals surface area contributed by atoms with Gasteiger partial charge in [0.15, 0.2) is 0 Å². The minimum absolute atomic E-state index is 0.00764. The molecule has 1 saturated heterocycles. The monoisotopic (exact) mass is 362 g/mol. The van der Waals surface area contributed by atoms with Crippen molar-refractivity contribution in [2.75, 3.05) is 20.2 Å². The Kier molecular flexibility index (Phi) is 5.24. The number of aromatic nitrogens is 1. The van der Waals surface area contributed by atoms with E-state index in [9.17, 15) is 8.42 Å². The minimum Gasteiger partial charge on any atom is -0.496 e. The van der Waals surface area contributed by atoms with Crippen molar-refractivity contribution < 1.29 is 17.9 Å². The van der Waals surface area contributed by atoms with Crippen LogP contribution in [0.1, 0.15) is 18.4 Å². The molecule has 25 heavy (non-hydrogen) atoms. The first-order valence-corrected chi connectivity index (χ1v) is 9.66. The summed E-state index contributed by atoms with van der Waals surface area (Å²) in [5.41, 5.74) is 0.804. The fraction of sp³-hybridized carbons (Fsp3) is 0.389. The van der Waals surface area contributed by atoms with Gasteiger partial charge >= 0.3 is 0 Å². The van der Waals surface area contributed by atoms with E-state index in [1.165, 1.54) is 4.31 Å². The molecule has 0 amide bonds. The van der Waals surface area contributed by atoms with Crippen LogP contribution in [-0.4, -0.2) is 44.0 Å².